The number of rotatable bonds is 13. The van der Waals surface area contributed by atoms with Gasteiger partial charge < -0.3 is 14.7 Å². The number of ether oxygens (including phenoxy) is 1. The fourth-order valence-electron chi connectivity index (χ4n) is 4.06. The van der Waals surface area contributed by atoms with Crippen LogP contribution >= 0.6 is 0 Å². The number of aliphatic hydroxyl groups excluding tert-OH is 1. The molecule has 0 aliphatic carbocycles. The molecule has 6 nitrogen and oxygen atoms in total. The first-order valence-electron chi connectivity index (χ1n) is 12.0. The number of unbranched alkanes of at least 4 members (excludes halogenated alkanes) is 6. The number of aliphatic hydroxyl groups is 1. The van der Waals surface area contributed by atoms with E-state index in [1.54, 1.807) is 0 Å². The average molecular weight is 433 g/mol. The summed E-state index contributed by atoms with van der Waals surface area (Å²) in [6.07, 6.45) is 7.71. The fraction of sp³-hybridized carbons (Fsp3) is 0.680. The van der Waals surface area contributed by atoms with Crippen LogP contribution in [0.4, 0.5) is 4.79 Å². The SMILES string of the molecule is CCCCCCN(CCCCCC)C(=O)[C@@H]1C(O)CCN1C(=O)OCc1ccccc1. The summed E-state index contributed by atoms with van der Waals surface area (Å²) in [5.41, 5.74) is 0.895. The fourth-order valence-corrected chi connectivity index (χ4v) is 4.06. The zero-order valence-corrected chi connectivity index (χ0v) is 19.3. The minimum Gasteiger partial charge on any atom is -0.445 e. The summed E-state index contributed by atoms with van der Waals surface area (Å²) in [6, 6.07) is 8.63. The second-order valence-electron chi connectivity index (χ2n) is 8.48. The maximum absolute atomic E-state index is 13.4. The normalized spacial score (nSPS) is 18.2. The van der Waals surface area contributed by atoms with E-state index < -0.39 is 18.2 Å². The van der Waals surface area contributed by atoms with Crippen molar-refractivity contribution in [2.45, 2.75) is 90.4 Å². The highest BCUT2D eigenvalue weighted by molar-refractivity contribution is 5.87. The Morgan fingerprint density at radius 2 is 1.61 bits per heavy atom. The standard InChI is InChI=1S/C25H40N2O4/c1-3-5-7-12-17-26(18-13-8-6-4-2)24(29)23-22(28)16-19-27(23)25(30)31-20-21-14-10-9-11-15-21/h9-11,14-15,22-23,28H,3-8,12-13,16-20H2,1-2H3/t22?,23-/m0/s1. The van der Waals surface area contributed by atoms with E-state index >= 15 is 0 Å². The molecule has 0 radical (unpaired) electrons. The maximum Gasteiger partial charge on any atom is 0.410 e. The molecule has 31 heavy (non-hydrogen) atoms. The molecule has 2 atom stereocenters. The molecule has 2 rings (SSSR count). The molecule has 0 spiro atoms. The van der Waals surface area contributed by atoms with E-state index in [1.807, 2.05) is 35.2 Å². The van der Waals surface area contributed by atoms with Crippen molar-refractivity contribution in [3.05, 3.63) is 35.9 Å². The number of nitrogens with zero attached hydrogens (tertiary/aromatic N) is 2. The molecule has 1 aliphatic heterocycles. The largest absolute Gasteiger partial charge is 0.445 e. The molecule has 1 unspecified atom stereocenters. The highest BCUT2D eigenvalue weighted by atomic mass is 16.6. The van der Waals surface area contributed by atoms with Crippen molar-refractivity contribution < 1.29 is 19.4 Å². The molecule has 1 aromatic rings. The minimum absolute atomic E-state index is 0.144. The Labute approximate surface area is 187 Å². The topological polar surface area (TPSA) is 70.1 Å². The molecule has 174 valence electrons. The maximum atomic E-state index is 13.4. The van der Waals surface area contributed by atoms with E-state index in [0.29, 0.717) is 26.1 Å². The molecule has 1 aliphatic rings. The Bertz CT molecular complexity index is 640. The summed E-state index contributed by atoms with van der Waals surface area (Å²) in [7, 11) is 0. The number of benzene rings is 1. The van der Waals surface area contributed by atoms with E-state index in [9.17, 15) is 14.7 Å². The highest BCUT2D eigenvalue weighted by Gasteiger charge is 2.43. The van der Waals surface area contributed by atoms with Gasteiger partial charge in [-0.25, -0.2) is 4.79 Å². The van der Waals surface area contributed by atoms with Gasteiger partial charge in [0.15, 0.2) is 0 Å². The predicted octanol–water partition coefficient (Wildman–Crippen LogP) is 4.75. The first-order chi connectivity index (χ1) is 15.1. The molecule has 1 heterocycles. The zero-order chi connectivity index (χ0) is 22.5. The second kappa shape index (κ2) is 14.1. The van der Waals surface area contributed by atoms with Crippen molar-refractivity contribution in [2.75, 3.05) is 19.6 Å². The number of amides is 2. The Hall–Kier alpha value is -2.08. The quantitative estimate of drug-likeness (QED) is 0.457. The number of carbonyl (C=O) groups is 2. The zero-order valence-electron chi connectivity index (χ0n) is 19.3. The van der Waals surface area contributed by atoms with E-state index in [4.69, 9.17) is 4.74 Å². The summed E-state index contributed by atoms with van der Waals surface area (Å²) in [5.74, 6) is -0.144. The van der Waals surface area contributed by atoms with E-state index in [2.05, 4.69) is 13.8 Å². The van der Waals surface area contributed by atoms with Gasteiger partial charge in [0.2, 0.25) is 5.91 Å². The molecule has 1 aromatic carbocycles. The van der Waals surface area contributed by atoms with Crippen LogP contribution in [0.5, 0.6) is 0 Å². The van der Waals surface area contributed by atoms with E-state index in [1.165, 1.54) is 4.90 Å². The van der Waals surface area contributed by atoms with Crippen molar-refractivity contribution in [3.63, 3.8) is 0 Å². The average Bonchev–Trinajstić information content (AvgIpc) is 3.18. The monoisotopic (exact) mass is 432 g/mol. The van der Waals surface area contributed by atoms with Crippen molar-refractivity contribution in [1.82, 2.24) is 9.80 Å². The van der Waals surface area contributed by atoms with Gasteiger partial charge in [0.25, 0.3) is 0 Å². The van der Waals surface area contributed by atoms with Crippen LogP contribution in [0.15, 0.2) is 30.3 Å². The van der Waals surface area contributed by atoms with Gasteiger partial charge in [-0.2, -0.15) is 0 Å². The minimum atomic E-state index is -0.847. The van der Waals surface area contributed by atoms with Gasteiger partial charge in [-0.3, -0.25) is 9.69 Å². The first-order valence-corrected chi connectivity index (χ1v) is 12.0. The van der Waals surface area contributed by atoms with E-state index in [0.717, 1.165) is 56.9 Å². The molecule has 2 amide bonds. The predicted molar refractivity (Wildman–Crippen MR) is 123 cm³/mol. The summed E-state index contributed by atoms with van der Waals surface area (Å²) >= 11 is 0. The Balaban J connectivity index is 1.99. The lowest BCUT2D eigenvalue weighted by Gasteiger charge is -2.31. The van der Waals surface area contributed by atoms with Crippen molar-refractivity contribution in [1.29, 1.82) is 0 Å². The lowest BCUT2D eigenvalue weighted by Crippen LogP contribution is -2.52. The smallest absolute Gasteiger partial charge is 0.410 e. The van der Waals surface area contributed by atoms with Crippen LogP contribution in [0.2, 0.25) is 0 Å². The van der Waals surface area contributed by atoms with E-state index in [-0.39, 0.29) is 12.5 Å². The summed E-state index contributed by atoms with van der Waals surface area (Å²) in [4.78, 5) is 29.4. The van der Waals surface area contributed by atoms with Crippen LogP contribution in [-0.4, -0.2) is 58.7 Å². The summed E-state index contributed by atoms with van der Waals surface area (Å²) in [5, 5.41) is 10.5. The molecule has 0 saturated carbocycles. The van der Waals surface area contributed by atoms with Crippen molar-refractivity contribution >= 4 is 12.0 Å². The summed E-state index contributed by atoms with van der Waals surface area (Å²) < 4.78 is 5.45. The van der Waals surface area contributed by atoms with Crippen LogP contribution in [0.25, 0.3) is 0 Å². The molecular formula is C25H40N2O4. The highest BCUT2D eigenvalue weighted by Crippen LogP contribution is 2.22. The van der Waals surface area contributed by atoms with Gasteiger partial charge in [-0.05, 0) is 24.8 Å². The third kappa shape index (κ3) is 8.17. The van der Waals surface area contributed by atoms with Crippen LogP contribution in [-0.2, 0) is 16.1 Å². The van der Waals surface area contributed by atoms with Gasteiger partial charge in [-0.1, -0.05) is 82.7 Å². The molecule has 1 fully saturated rings. The number of hydrogen-bond acceptors (Lipinski definition) is 4. The molecule has 1 N–H and O–H groups in total. The summed E-state index contributed by atoms with van der Waals surface area (Å²) in [6.45, 7) is 6.20. The number of carbonyl (C=O) groups excluding carboxylic acids is 2. The van der Waals surface area contributed by atoms with Gasteiger partial charge >= 0.3 is 6.09 Å². The molecular weight excluding hydrogens is 392 g/mol. The molecule has 6 heteroatoms. The lowest BCUT2D eigenvalue weighted by molar-refractivity contribution is -0.138. The first kappa shape index (κ1) is 25.2. The molecule has 0 aromatic heterocycles. The lowest BCUT2D eigenvalue weighted by atomic mass is 10.1. The van der Waals surface area contributed by atoms with Crippen molar-refractivity contribution in [2.24, 2.45) is 0 Å². The molecule has 0 bridgehead atoms. The second-order valence-corrected chi connectivity index (χ2v) is 8.48. The third-order valence-electron chi connectivity index (χ3n) is 5.93. The third-order valence-corrected chi connectivity index (χ3v) is 5.93. The Morgan fingerprint density at radius 1 is 1.00 bits per heavy atom. The van der Waals surface area contributed by atoms with Gasteiger partial charge in [0.1, 0.15) is 12.6 Å². The van der Waals surface area contributed by atoms with Crippen LogP contribution in [0, 0.1) is 0 Å². The molecule has 1 saturated heterocycles. The number of likely N-dealkylation sites (tertiary alicyclic amines) is 1. The Morgan fingerprint density at radius 3 is 2.19 bits per heavy atom. The van der Waals surface area contributed by atoms with Gasteiger partial charge in [0.05, 0.1) is 6.10 Å². The van der Waals surface area contributed by atoms with Crippen LogP contribution in [0.1, 0.15) is 77.2 Å². The van der Waals surface area contributed by atoms with Crippen LogP contribution in [0.3, 0.4) is 0 Å². The van der Waals surface area contributed by atoms with Crippen LogP contribution < -0.4 is 0 Å². The van der Waals surface area contributed by atoms with Crippen molar-refractivity contribution in [3.8, 4) is 0 Å². The van der Waals surface area contributed by atoms with Gasteiger partial charge in [-0.15, -0.1) is 0 Å². The Kier molecular flexibility index (Phi) is 11.4. The number of hydrogen-bond donors (Lipinski definition) is 1. The van der Waals surface area contributed by atoms with Gasteiger partial charge in [0, 0.05) is 19.6 Å².